The van der Waals surface area contributed by atoms with Crippen LogP contribution in [0.4, 0.5) is 0 Å². The maximum Gasteiger partial charge on any atom is 0.254 e. The SMILES string of the molecule is Cc1sc(=NC(=O)C23CC4CC(CC(C4)C2)C3)n(Cc2ccncc2)c1C. The van der Waals surface area contributed by atoms with Crippen LogP contribution in [0.2, 0.25) is 0 Å². The molecule has 1 amide bonds. The summed E-state index contributed by atoms with van der Waals surface area (Å²) in [5.74, 6) is 2.47. The molecule has 0 aromatic carbocycles. The van der Waals surface area contributed by atoms with Gasteiger partial charge in [-0.2, -0.15) is 4.99 Å². The first kappa shape index (κ1) is 17.4. The number of aromatic nitrogens is 2. The highest BCUT2D eigenvalue weighted by atomic mass is 32.1. The molecular formula is C22H27N3OS. The number of aryl methyl sites for hydroxylation is 1. The first-order valence-corrected chi connectivity index (χ1v) is 11.0. The number of thiazole rings is 1. The molecule has 0 N–H and O–H groups in total. The largest absolute Gasteiger partial charge is 0.316 e. The zero-order chi connectivity index (χ0) is 18.6. The molecule has 4 aliphatic rings. The van der Waals surface area contributed by atoms with Crippen LogP contribution in [0, 0.1) is 37.0 Å². The monoisotopic (exact) mass is 381 g/mol. The van der Waals surface area contributed by atoms with Gasteiger partial charge in [-0.1, -0.05) is 0 Å². The van der Waals surface area contributed by atoms with E-state index in [-0.39, 0.29) is 11.3 Å². The summed E-state index contributed by atoms with van der Waals surface area (Å²) in [7, 11) is 0. The average molecular weight is 382 g/mol. The second-order valence-electron chi connectivity index (χ2n) is 9.08. The molecule has 4 aliphatic carbocycles. The van der Waals surface area contributed by atoms with Crippen molar-refractivity contribution < 1.29 is 4.79 Å². The van der Waals surface area contributed by atoms with Gasteiger partial charge in [0.1, 0.15) is 0 Å². The zero-order valence-corrected chi connectivity index (χ0v) is 17.0. The van der Waals surface area contributed by atoms with Crippen LogP contribution in [0.5, 0.6) is 0 Å². The number of carbonyl (C=O) groups is 1. The van der Waals surface area contributed by atoms with E-state index >= 15 is 0 Å². The van der Waals surface area contributed by atoms with Gasteiger partial charge in [-0.3, -0.25) is 9.78 Å². The minimum Gasteiger partial charge on any atom is -0.316 e. The molecule has 2 aromatic rings. The summed E-state index contributed by atoms with van der Waals surface area (Å²) in [6.07, 6.45) is 10.9. The molecule has 0 unspecified atom stereocenters. The van der Waals surface area contributed by atoms with E-state index in [0.29, 0.717) is 0 Å². The molecule has 5 heteroatoms. The Hall–Kier alpha value is -1.75. The van der Waals surface area contributed by atoms with Crippen molar-refractivity contribution in [1.29, 1.82) is 0 Å². The van der Waals surface area contributed by atoms with E-state index in [4.69, 9.17) is 4.99 Å². The van der Waals surface area contributed by atoms with Crippen molar-refractivity contribution in [2.45, 2.75) is 58.9 Å². The Morgan fingerprint density at radius 1 is 1.15 bits per heavy atom. The Morgan fingerprint density at radius 2 is 1.74 bits per heavy atom. The van der Waals surface area contributed by atoms with E-state index in [1.54, 1.807) is 11.3 Å². The van der Waals surface area contributed by atoms with Crippen molar-refractivity contribution in [3.63, 3.8) is 0 Å². The molecule has 4 bridgehead atoms. The van der Waals surface area contributed by atoms with Crippen LogP contribution in [-0.2, 0) is 11.3 Å². The summed E-state index contributed by atoms with van der Waals surface area (Å²) in [5.41, 5.74) is 2.23. The highest BCUT2D eigenvalue weighted by molar-refractivity contribution is 7.09. The highest BCUT2D eigenvalue weighted by Gasteiger charge is 2.54. The number of amides is 1. The zero-order valence-electron chi connectivity index (χ0n) is 16.1. The van der Waals surface area contributed by atoms with Crippen LogP contribution in [0.25, 0.3) is 0 Å². The summed E-state index contributed by atoms with van der Waals surface area (Å²) >= 11 is 1.65. The van der Waals surface area contributed by atoms with Crippen molar-refractivity contribution in [3.8, 4) is 0 Å². The lowest BCUT2D eigenvalue weighted by Crippen LogP contribution is -2.50. The fraction of sp³-hybridized carbons (Fsp3) is 0.591. The third-order valence-corrected chi connectivity index (χ3v) is 8.26. The molecular weight excluding hydrogens is 354 g/mol. The highest BCUT2D eigenvalue weighted by Crippen LogP contribution is 2.60. The van der Waals surface area contributed by atoms with Crippen molar-refractivity contribution in [3.05, 3.63) is 45.5 Å². The van der Waals surface area contributed by atoms with Gasteiger partial charge in [-0.15, -0.1) is 11.3 Å². The van der Waals surface area contributed by atoms with Crippen molar-refractivity contribution in [2.24, 2.45) is 28.2 Å². The summed E-state index contributed by atoms with van der Waals surface area (Å²) in [5, 5.41) is 0. The van der Waals surface area contributed by atoms with Gasteiger partial charge in [0, 0.05) is 23.0 Å². The average Bonchev–Trinajstić information content (AvgIpc) is 2.89. The lowest BCUT2D eigenvalue weighted by atomic mass is 9.49. The first-order chi connectivity index (χ1) is 13.0. The number of rotatable bonds is 3. The van der Waals surface area contributed by atoms with Crippen LogP contribution >= 0.6 is 11.3 Å². The topological polar surface area (TPSA) is 47.2 Å². The van der Waals surface area contributed by atoms with Crippen molar-refractivity contribution in [1.82, 2.24) is 9.55 Å². The van der Waals surface area contributed by atoms with E-state index < -0.39 is 0 Å². The summed E-state index contributed by atoms with van der Waals surface area (Å²) in [4.78, 5) is 24.4. The van der Waals surface area contributed by atoms with Crippen LogP contribution < -0.4 is 4.80 Å². The molecule has 0 aliphatic heterocycles. The van der Waals surface area contributed by atoms with E-state index in [9.17, 15) is 4.79 Å². The Balaban J connectivity index is 1.50. The van der Waals surface area contributed by atoms with Crippen molar-refractivity contribution in [2.75, 3.05) is 0 Å². The van der Waals surface area contributed by atoms with Gasteiger partial charge < -0.3 is 4.57 Å². The first-order valence-electron chi connectivity index (χ1n) is 10.2. The summed E-state index contributed by atoms with van der Waals surface area (Å²) in [6, 6.07) is 4.06. The van der Waals surface area contributed by atoms with E-state index in [0.717, 1.165) is 48.4 Å². The Morgan fingerprint density at radius 3 is 2.33 bits per heavy atom. The lowest BCUT2D eigenvalue weighted by molar-refractivity contribution is -0.142. The quantitative estimate of drug-likeness (QED) is 0.798. The maximum absolute atomic E-state index is 13.4. The molecule has 2 aromatic heterocycles. The molecule has 4 fully saturated rings. The van der Waals surface area contributed by atoms with E-state index in [2.05, 4.69) is 23.4 Å². The summed E-state index contributed by atoms with van der Waals surface area (Å²) < 4.78 is 2.20. The predicted molar refractivity (Wildman–Crippen MR) is 106 cm³/mol. The summed E-state index contributed by atoms with van der Waals surface area (Å²) in [6.45, 7) is 4.99. The van der Waals surface area contributed by atoms with Gasteiger partial charge in [0.2, 0.25) is 0 Å². The maximum atomic E-state index is 13.4. The van der Waals surface area contributed by atoms with Gasteiger partial charge in [0.05, 0.1) is 12.0 Å². The molecule has 4 nitrogen and oxygen atoms in total. The third kappa shape index (κ3) is 3.00. The second-order valence-corrected chi connectivity index (χ2v) is 10.3. The van der Waals surface area contributed by atoms with Gasteiger partial charge in [-0.05, 0) is 87.8 Å². The molecule has 2 heterocycles. The lowest BCUT2D eigenvalue weighted by Gasteiger charge is -2.55. The van der Waals surface area contributed by atoms with Crippen molar-refractivity contribution >= 4 is 17.2 Å². The predicted octanol–water partition coefficient (Wildman–Crippen LogP) is 4.25. The second kappa shape index (κ2) is 6.40. The number of hydrogen-bond acceptors (Lipinski definition) is 3. The molecule has 0 radical (unpaired) electrons. The Labute approximate surface area is 164 Å². The van der Waals surface area contributed by atoms with Gasteiger partial charge in [0.15, 0.2) is 4.80 Å². The van der Waals surface area contributed by atoms with E-state index in [1.807, 2.05) is 24.5 Å². The minimum atomic E-state index is -0.158. The number of pyridine rings is 1. The smallest absolute Gasteiger partial charge is 0.254 e. The fourth-order valence-corrected chi connectivity index (χ4v) is 7.09. The van der Waals surface area contributed by atoms with E-state index in [1.165, 1.54) is 35.4 Å². The molecule has 4 saturated carbocycles. The molecule has 0 spiro atoms. The normalized spacial score (nSPS) is 32.2. The standard InChI is InChI=1S/C22H27N3OS/c1-14-15(2)27-21(25(14)13-16-3-5-23-6-4-16)24-20(26)22-10-17-7-18(11-22)9-19(8-17)12-22/h3-6,17-19H,7-13H2,1-2H3. The number of carbonyl (C=O) groups excluding carboxylic acids is 1. The Bertz CT molecular complexity index is 905. The molecule has 0 saturated heterocycles. The van der Waals surface area contributed by atoms with Gasteiger partial charge in [0.25, 0.3) is 5.91 Å². The number of hydrogen-bond donors (Lipinski definition) is 0. The number of nitrogens with zero attached hydrogens (tertiary/aromatic N) is 3. The molecule has 6 rings (SSSR count). The Kier molecular flexibility index (Phi) is 4.12. The van der Waals surface area contributed by atoms with Crippen LogP contribution in [0.3, 0.4) is 0 Å². The minimum absolute atomic E-state index is 0.158. The van der Waals surface area contributed by atoms with Crippen LogP contribution in [0.15, 0.2) is 29.5 Å². The van der Waals surface area contributed by atoms with Gasteiger partial charge in [-0.25, -0.2) is 0 Å². The van der Waals surface area contributed by atoms with Gasteiger partial charge >= 0.3 is 0 Å². The van der Waals surface area contributed by atoms with Crippen LogP contribution in [-0.4, -0.2) is 15.5 Å². The fourth-order valence-electron chi connectivity index (χ4n) is 6.12. The molecule has 0 atom stereocenters. The third-order valence-electron chi connectivity index (χ3n) is 7.17. The molecule has 142 valence electrons. The van der Waals surface area contributed by atoms with Crippen LogP contribution in [0.1, 0.15) is 54.7 Å². The molecule has 27 heavy (non-hydrogen) atoms.